The first-order valence-corrected chi connectivity index (χ1v) is 20.7. The quantitative estimate of drug-likeness (QED) is 0.130. The summed E-state index contributed by atoms with van der Waals surface area (Å²) in [5.41, 5.74) is 10.3. The van der Waals surface area contributed by atoms with Crippen LogP contribution in [0.1, 0.15) is 0 Å². The summed E-state index contributed by atoms with van der Waals surface area (Å²) in [5, 5.41) is 0. The van der Waals surface area contributed by atoms with Gasteiger partial charge in [0, 0.05) is 51.2 Å². The molecule has 7 aromatic carbocycles. The van der Waals surface area contributed by atoms with Gasteiger partial charge in [-0.25, -0.2) is 13.8 Å². The highest BCUT2D eigenvalue weighted by Crippen LogP contribution is 2.41. The summed E-state index contributed by atoms with van der Waals surface area (Å²) in [7, 11) is 0. The van der Waals surface area contributed by atoms with Crippen LogP contribution in [0.3, 0.4) is 0 Å². The first-order valence-electron chi connectivity index (χ1n) is 20.7. The van der Waals surface area contributed by atoms with Crippen molar-refractivity contribution >= 4 is 34.3 Å². The first kappa shape index (κ1) is 38.8. The van der Waals surface area contributed by atoms with E-state index in [1.165, 1.54) is 6.07 Å². The molecule has 0 amide bonds. The summed E-state index contributed by atoms with van der Waals surface area (Å²) in [5.74, 6) is -0.213. The summed E-state index contributed by atoms with van der Waals surface area (Å²) >= 11 is 0. The maximum atomic E-state index is 16.8. The second-order valence-corrected chi connectivity index (χ2v) is 15.0. The van der Waals surface area contributed by atoms with E-state index in [1.54, 1.807) is 18.2 Å². The van der Waals surface area contributed by atoms with E-state index >= 15 is 8.78 Å². The van der Waals surface area contributed by atoms with Gasteiger partial charge in [-0.1, -0.05) is 115 Å². The zero-order valence-corrected chi connectivity index (χ0v) is 34.0. The highest BCUT2D eigenvalue weighted by molar-refractivity contribution is 5.82. The lowest BCUT2D eigenvalue weighted by Gasteiger charge is -2.26. The van der Waals surface area contributed by atoms with Crippen molar-refractivity contribution in [1.82, 2.24) is 14.5 Å². The van der Waals surface area contributed by atoms with Gasteiger partial charge in [0.05, 0.1) is 34.7 Å². The SMILES string of the molecule is Fc1cc(N(c2ccccc2)c2ccc(-c3ccccc3)nc2)ccc1-c1ccc(-c2ccc(N(c3ccccc3)c3ccc(-c4ccccc4)cn3)cc2F)n1-c1ccccc1. The highest BCUT2D eigenvalue weighted by atomic mass is 19.1. The van der Waals surface area contributed by atoms with Gasteiger partial charge in [-0.15, -0.1) is 0 Å². The molecule has 3 aromatic heterocycles. The average Bonchev–Trinajstić information content (AvgIpc) is 3.78. The number of benzene rings is 7. The summed E-state index contributed by atoms with van der Waals surface area (Å²) < 4.78 is 35.6. The topological polar surface area (TPSA) is 37.2 Å². The molecule has 0 bridgehead atoms. The molecule has 0 fully saturated rings. The van der Waals surface area contributed by atoms with E-state index in [2.05, 4.69) is 0 Å². The molecule has 10 aromatic rings. The summed E-state index contributed by atoms with van der Waals surface area (Å²) in [6.07, 6.45) is 3.65. The predicted octanol–water partition coefficient (Wildman–Crippen LogP) is 15.2. The van der Waals surface area contributed by atoms with Crippen molar-refractivity contribution in [2.24, 2.45) is 0 Å². The molecule has 0 atom stereocenters. The molecular weight excluding hydrogens is 781 g/mol. The normalized spacial score (nSPS) is 11.0. The minimum Gasteiger partial charge on any atom is -0.309 e. The number of para-hydroxylation sites is 3. The van der Waals surface area contributed by atoms with Crippen molar-refractivity contribution in [2.45, 2.75) is 0 Å². The number of aromatic nitrogens is 3. The van der Waals surface area contributed by atoms with Gasteiger partial charge in [-0.3, -0.25) is 9.88 Å². The predicted molar refractivity (Wildman–Crippen MR) is 252 cm³/mol. The second kappa shape index (κ2) is 17.3. The molecule has 0 radical (unpaired) electrons. The van der Waals surface area contributed by atoms with Crippen molar-refractivity contribution in [3.8, 4) is 50.6 Å². The van der Waals surface area contributed by atoms with Crippen LogP contribution in [0.25, 0.3) is 50.6 Å². The molecular formula is C56H39F2N5. The van der Waals surface area contributed by atoms with Crippen molar-refractivity contribution < 1.29 is 8.78 Å². The molecule has 5 nitrogen and oxygen atoms in total. The van der Waals surface area contributed by atoms with Crippen molar-refractivity contribution in [3.05, 3.63) is 248 Å². The number of hydrogen-bond donors (Lipinski definition) is 0. The van der Waals surface area contributed by atoms with Crippen LogP contribution in [0.4, 0.5) is 43.0 Å². The molecule has 302 valence electrons. The minimum absolute atomic E-state index is 0.369. The van der Waals surface area contributed by atoms with Crippen LogP contribution in [-0.4, -0.2) is 14.5 Å². The van der Waals surface area contributed by atoms with Gasteiger partial charge in [-0.2, -0.15) is 0 Å². The maximum Gasteiger partial charge on any atom is 0.137 e. The van der Waals surface area contributed by atoms with Crippen LogP contribution in [0.5, 0.6) is 0 Å². The number of rotatable bonds is 11. The van der Waals surface area contributed by atoms with Crippen molar-refractivity contribution in [2.75, 3.05) is 9.80 Å². The molecule has 0 N–H and O–H groups in total. The molecule has 0 spiro atoms. The van der Waals surface area contributed by atoms with Gasteiger partial charge >= 0.3 is 0 Å². The van der Waals surface area contributed by atoms with Gasteiger partial charge in [0.25, 0.3) is 0 Å². The van der Waals surface area contributed by atoms with Gasteiger partial charge in [0.2, 0.25) is 0 Å². The number of nitrogens with zero attached hydrogens (tertiary/aromatic N) is 5. The Bertz CT molecular complexity index is 2910. The summed E-state index contributed by atoms with van der Waals surface area (Å²) in [4.78, 5) is 13.5. The third-order valence-corrected chi connectivity index (χ3v) is 11.1. The smallest absolute Gasteiger partial charge is 0.137 e. The lowest BCUT2D eigenvalue weighted by atomic mass is 10.1. The Hall–Kier alpha value is -8.42. The Morgan fingerprint density at radius 2 is 0.841 bits per heavy atom. The molecule has 0 saturated carbocycles. The molecule has 0 aliphatic rings. The zero-order valence-electron chi connectivity index (χ0n) is 34.0. The van der Waals surface area contributed by atoms with Gasteiger partial charge in [0.15, 0.2) is 0 Å². The Labute approximate surface area is 365 Å². The molecule has 0 saturated heterocycles. The van der Waals surface area contributed by atoms with E-state index in [-0.39, 0.29) is 0 Å². The molecule has 7 heteroatoms. The fraction of sp³-hybridized carbons (Fsp3) is 0. The summed E-state index contributed by atoms with van der Waals surface area (Å²) in [6, 6.07) is 71.5. The number of halogens is 2. The Morgan fingerprint density at radius 3 is 1.35 bits per heavy atom. The van der Waals surface area contributed by atoms with E-state index in [9.17, 15) is 0 Å². The fourth-order valence-electron chi connectivity index (χ4n) is 8.05. The monoisotopic (exact) mass is 819 g/mol. The molecule has 10 rings (SSSR count). The Kier molecular flexibility index (Phi) is 10.6. The van der Waals surface area contributed by atoms with Gasteiger partial charge < -0.3 is 9.47 Å². The number of pyridine rings is 2. The van der Waals surface area contributed by atoms with E-state index in [0.29, 0.717) is 39.7 Å². The average molecular weight is 820 g/mol. The van der Waals surface area contributed by atoms with E-state index in [0.717, 1.165) is 45.1 Å². The molecule has 0 unspecified atom stereocenters. The molecule has 3 heterocycles. The summed E-state index contributed by atoms with van der Waals surface area (Å²) in [6.45, 7) is 0. The molecule has 0 aliphatic heterocycles. The number of hydrogen-bond acceptors (Lipinski definition) is 4. The van der Waals surface area contributed by atoms with E-state index in [1.807, 2.05) is 227 Å². The third-order valence-electron chi connectivity index (χ3n) is 11.1. The van der Waals surface area contributed by atoms with Crippen LogP contribution < -0.4 is 9.80 Å². The van der Waals surface area contributed by atoms with Crippen LogP contribution in [0, 0.1) is 11.6 Å². The van der Waals surface area contributed by atoms with Gasteiger partial charge in [0.1, 0.15) is 17.5 Å². The Morgan fingerprint density at radius 1 is 0.349 bits per heavy atom. The first-order chi connectivity index (χ1) is 31.1. The number of anilines is 6. The molecule has 0 aliphatic carbocycles. The van der Waals surface area contributed by atoms with Crippen molar-refractivity contribution in [3.63, 3.8) is 0 Å². The van der Waals surface area contributed by atoms with Crippen LogP contribution in [0.2, 0.25) is 0 Å². The Balaban J connectivity index is 1.02. The lowest BCUT2D eigenvalue weighted by Crippen LogP contribution is -2.12. The van der Waals surface area contributed by atoms with Crippen LogP contribution >= 0.6 is 0 Å². The highest BCUT2D eigenvalue weighted by Gasteiger charge is 2.22. The second-order valence-electron chi connectivity index (χ2n) is 15.0. The van der Waals surface area contributed by atoms with Gasteiger partial charge in [-0.05, 0) is 115 Å². The lowest BCUT2D eigenvalue weighted by molar-refractivity contribution is 0.629. The standard InChI is InChI=1S/C56H39F2N5/c57-51-36-46(61(43-20-10-3-11-21-43)48-29-32-53(59-39-48)41-18-8-2-9-19-41)27-30-49(51)54-33-34-55(63(54)45-24-14-5-15-25-45)50-31-28-47(37-52(50)58)62(44-22-12-4-13-23-44)56-35-26-42(38-60-56)40-16-6-1-7-17-40/h1-39H. The van der Waals surface area contributed by atoms with E-state index < -0.39 is 11.6 Å². The maximum absolute atomic E-state index is 16.8. The van der Waals surface area contributed by atoms with Crippen LogP contribution in [0.15, 0.2) is 237 Å². The zero-order chi connectivity index (χ0) is 42.5. The largest absolute Gasteiger partial charge is 0.309 e. The molecule has 63 heavy (non-hydrogen) atoms. The fourth-order valence-corrected chi connectivity index (χ4v) is 8.05. The van der Waals surface area contributed by atoms with Crippen LogP contribution in [-0.2, 0) is 0 Å². The third kappa shape index (κ3) is 7.87. The minimum atomic E-state index is -0.433. The van der Waals surface area contributed by atoms with E-state index in [4.69, 9.17) is 9.97 Å². The van der Waals surface area contributed by atoms with Crippen molar-refractivity contribution in [1.29, 1.82) is 0 Å².